The Balaban J connectivity index is 0.850. The maximum Gasteiger partial charge on any atom is 0.417 e. The largest absolute Gasteiger partial charge is 0.493 e. The number of aliphatic hydroxyl groups excluding tert-OH is 1. The second-order valence-corrected chi connectivity index (χ2v) is 21.8. The summed E-state index contributed by atoms with van der Waals surface area (Å²) in [6, 6.07) is 4.94. The third-order valence-electron chi connectivity index (χ3n) is 13.9. The second kappa shape index (κ2) is 23.2. The number of piperidine rings is 1. The number of anilines is 2. The highest BCUT2D eigenvalue weighted by molar-refractivity contribution is 7.13. The first-order valence-electron chi connectivity index (χ1n) is 25.0. The van der Waals surface area contributed by atoms with Crippen molar-refractivity contribution in [3.05, 3.63) is 75.9 Å². The molecule has 5 N–H and O–H groups in total. The number of aromatic nitrogens is 5. The van der Waals surface area contributed by atoms with Gasteiger partial charge in [0.25, 0.3) is 5.91 Å². The van der Waals surface area contributed by atoms with Crippen LogP contribution >= 0.6 is 22.9 Å². The molecule has 0 radical (unpaired) electrons. The Morgan fingerprint density at radius 3 is 2.39 bits per heavy atom. The number of nitrogens with zero attached hydrogens (tertiary/aromatic N) is 7. The molecule has 6 heterocycles. The Hall–Kier alpha value is -6.21. The molecule has 19 nitrogen and oxygen atoms in total. The van der Waals surface area contributed by atoms with E-state index in [1.807, 2.05) is 25.1 Å². The number of carbonyl (C=O) groups excluding carboxylic acids is 4. The van der Waals surface area contributed by atoms with E-state index in [-0.39, 0.29) is 61.4 Å². The Labute approximate surface area is 445 Å². The van der Waals surface area contributed by atoms with Gasteiger partial charge >= 0.3 is 12.2 Å². The molecule has 76 heavy (non-hydrogen) atoms. The summed E-state index contributed by atoms with van der Waals surface area (Å²) in [4.78, 5) is 70.9. The second-order valence-electron chi connectivity index (χ2n) is 20.5. The smallest absolute Gasteiger partial charge is 0.417 e. The molecule has 25 heteroatoms. The standard InChI is InChI=1S/C51H62ClF4N11O8S/c1-28-42(76-27-60-28)31-7-8-32(23-58-44(69)37-21-34(68)26-66(37)46(70)43(49(3,4)5)63-47(71)50(53)12-13-50)38(19-31)74-17-11-30-9-14-65(15-10-30)16-18-75-45-35(20-33(24-59-45)51(54,55)56)61-48(72)62-36-25-57-40-22-39(52)64-67(40)41(36)29(2)73-6/h7-8,19-20,22,24-25,27,29-30,34,37,43,68H,9-18,21,23,26H2,1-6H3,(H,58,69)(H,63,71)(H2,61,62,72)/t29-,34+,37-,43?/m0/s1. The number of ether oxygens (including phenoxy) is 3. The molecule has 5 amide bonds. The summed E-state index contributed by atoms with van der Waals surface area (Å²) < 4.78 is 75.4. The normalized spacial score (nSPS) is 18.8. The first-order chi connectivity index (χ1) is 36.0. The van der Waals surface area contributed by atoms with E-state index in [2.05, 4.69) is 46.2 Å². The lowest BCUT2D eigenvalue weighted by Gasteiger charge is -2.35. The van der Waals surface area contributed by atoms with Gasteiger partial charge in [0.1, 0.15) is 30.1 Å². The van der Waals surface area contributed by atoms with Gasteiger partial charge in [-0.2, -0.15) is 18.3 Å². The number of carbonyl (C=O) groups is 4. The van der Waals surface area contributed by atoms with E-state index in [4.69, 9.17) is 25.8 Å². The van der Waals surface area contributed by atoms with Crippen LogP contribution in [0.1, 0.15) is 94.8 Å². The molecule has 1 aliphatic carbocycles. The lowest BCUT2D eigenvalue weighted by molar-refractivity contribution is -0.145. The van der Waals surface area contributed by atoms with Gasteiger partial charge in [0.05, 0.1) is 58.0 Å². The van der Waals surface area contributed by atoms with Crippen LogP contribution in [0.15, 0.2) is 48.2 Å². The van der Waals surface area contributed by atoms with Gasteiger partial charge in [0, 0.05) is 51.0 Å². The number of hydrogen-bond acceptors (Lipinski definition) is 14. The Morgan fingerprint density at radius 1 is 0.987 bits per heavy atom. The van der Waals surface area contributed by atoms with Crippen LogP contribution in [0.5, 0.6) is 11.6 Å². The van der Waals surface area contributed by atoms with E-state index in [0.29, 0.717) is 47.9 Å². The zero-order valence-corrected chi connectivity index (χ0v) is 44.5. The van der Waals surface area contributed by atoms with Crippen LogP contribution in [0.2, 0.25) is 5.15 Å². The number of amides is 5. The van der Waals surface area contributed by atoms with Crippen molar-refractivity contribution in [2.75, 3.05) is 57.1 Å². The number of thiazole rings is 1. The van der Waals surface area contributed by atoms with E-state index >= 15 is 0 Å². The Kier molecular flexibility index (Phi) is 17.1. The number of aryl methyl sites for hydroxylation is 1. The van der Waals surface area contributed by atoms with Crippen LogP contribution in [0.4, 0.5) is 33.7 Å². The number of likely N-dealkylation sites (tertiary alicyclic amines) is 2. The number of nitrogens with one attached hydrogen (secondary N) is 4. The van der Waals surface area contributed by atoms with Gasteiger partial charge in [0.15, 0.2) is 16.5 Å². The zero-order valence-electron chi connectivity index (χ0n) is 42.9. The van der Waals surface area contributed by atoms with Crippen molar-refractivity contribution in [3.63, 3.8) is 0 Å². The van der Waals surface area contributed by atoms with Crippen molar-refractivity contribution < 1.29 is 56.1 Å². The predicted molar refractivity (Wildman–Crippen MR) is 275 cm³/mol. The molecule has 1 unspecified atom stereocenters. The van der Waals surface area contributed by atoms with Gasteiger partial charge in [-0.05, 0) is 88.1 Å². The minimum Gasteiger partial charge on any atom is -0.493 e. The summed E-state index contributed by atoms with van der Waals surface area (Å²) in [6.07, 6.45) is -1.77. The van der Waals surface area contributed by atoms with E-state index in [1.165, 1.54) is 40.1 Å². The van der Waals surface area contributed by atoms with Gasteiger partial charge < -0.3 is 45.5 Å². The van der Waals surface area contributed by atoms with E-state index in [1.54, 1.807) is 33.2 Å². The molecule has 5 aromatic rings. The van der Waals surface area contributed by atoms with Crippen molar-refractivity contribution in [1.82, 2.24) is 45.0 Å². The van der Waals surface area contributed by atoms with Crippen LogP contribution in [0.25, 0.3) is 16.1 Å². The van der Waals surface area contributed by atoms with Crippen LogP contribution in [-0.2, 0) is 31.8 Å². The third-order valence-corrected chi connectivity index (χ3v) is 15.1. The van der Waals surface area contributed by atoms with Gasteiger partial charge in [-0.3, -0.25) is 19.3 Å². The average Bonchev–Trinajstić information content (AvgIpc) is 3.61. The molecular formula is C51H62ClF4N11O8S. The summed E-state index contributed by atoms with van der Waals surface area (Å²) in [6.45, 7) is 11.1. The average molecular weight is 1100 g/mol. The first kappa shape index (κ1) is 56.0. The summed E-state index contributed by atoms with van der Waals surface area (Å²) in [5.74, 6) is -1.26. The summed E-state index contributed by atoms with van der Waals surface area (Å²) in [5, 5.41) is 25.6. The SMILES string of the molecule is CO[C@@H](C)c1c(NC(=O)Nc2cc(C(F)(F)F)cnc2OCCN2CCC(CCOc3cc(-c4scnc4C)ccc3CNC(=O)[C@@H]3C[C@@H](O)CN3C(=O)C(NC(=O)C3(F)CC3)C(C)(C)C)CC2)cnc2cc(Cl)nn12. The van der Waals surface area contributed by atoms with Gasteiger partial charge in [-0.25, -0.2) is 28.7 Å². The highest BCUT2D eigenvalue weighted by Gasteiger charge is 2.53. The fraction of sp³-hybridized carbons (Fsp3) is 0.529. The number of methoxy groups -OCH3 is 1. The molecule has 3 aliphatic rings. The number of urea groups is 1. The molecule has 0 spiro atoms. The zero-order chi connectivity index (χ0) is 54.7. The molecular weight excluding hydrogens is 1040 g/mol. The number of pyridine rings is 1. The van der Waals surface area contributed by atoms with Crippen LogP contribution < -0.4 is 30.7 Å². The lowest BCUT2D eigenvalue weighted by Crippen LogP contribution is -2.59. The Bertz CT molecular complexity index is 2920. The molecule has 1 aromatic carbocycles. The van der Waals surface area contributed by atoms with Gasteiger partial charge in [-0.1, -0.05) is 44.5 Å². The number of hydrogen-bond donors (Lipinski definition) is 5. The monoisotopic (exact) mass is 1100 g/mol. The molecule has 4 aromatic heterocycles. The highest BCUT2D eigenvalue weighted by atomic mass is 35.5. The fourth-order valence-electron chi connectivity index (χ4n) is 9.29. The molecule has 8 rings (SSSR count). The molecule has 4 atom stereocenters. The number of halogens is 5. The summed E-state index contributed by atoms with van der Waals surface area (Å²) in [7, 11) is 1.46. The van der Waals surface area contributed by atoms with E-state index in [9.17, 15) is 41.8 Å². The van der Waals surface area contributed by atoms with Crippen molar-refractivity contribution in [1.29, 1.82) is 0 Å². The number of rotatable bonds is 19. The minimum atomic E-state index is -4.75. The number of β-amino-alcohol motifs (C(OH)–C–C–N with tert-alkyl or cyclic N) is 1. The van der Waals surface area contributed by atoms with Gasteiger partial charge in [0.2, 0.25) is 17.7 Å². The van der Waals surface area contributed by atoms with Crippen molar-refractivity contribution in [2.24, 2.45) is 11.3 Å². The third kappa shape index (κ3) is 13.3. The quantitative estimate of drug-likeness (QED) is 0.0499. The van der Waals surface area contributed by atoms with Crippen molar-refractivity contribution in [3.8, 4) is 22.1 Å². The van der Waals surface area contributed by atoms with Crippen LogP contribution in [0.3, 0.4) is 0 Å². The van der Waals surface area contributed by atoms with Crippen molar-refractivity contribution >= 4 is 63.7 Å². The van der Waals surface area contributed by atoms with E-state index < -0.39 is 70.9 Å². The molecule has 2 saturated heterocycles. The van der Waals surface area contributed by atoms with Crippen LogP contribution in [-0.4, -0.2) is 134 Å². The predicted octanol–water partition coefficient (Wildman–Crippen LogP) is 7.75. The summed E-state index contributed by atoms with van der Waals surface area (Å²) >= 11 is 7.59. The molecule has 410 valence electrons. The van der Waals surface area contributed by atoms with Crippen molar-refractivity contribution in [2.45, 2.75) is 116 Å². The maximum atomic E-state index is 14.7. The maximum absolute atomic E-state index is 14.7. The highest BCUT2D eigenvalue weighted by Crippen LogP contribution is 2.41. The lowest BCUT2D eigenvalue weighted by atomic mass is 9.85. The number of fused-ring (bicyclic) bond motifs is 1. The number of benzene rings is 1. The molecule has 0 bridgehead atoms. The number of aliphatic hydroxyl groups is 1. The minimum absolute atomic E-state index is 0.0125. The Morgan fingerprint density at radius 2 is 1.72 bits per heavy atom. The molecule has 1 saturated carbocycles. The fourth-order valence-corrected chi connectivity index (χ4v) is 10.3. The number of alkyl halides is 4. The van der Waals surface area contributed by atoms with E-state index in [0.717, 1.165) is 54.6 Å². The molecule has 2 aliphatic heterocycles. The van der Waals surface area contributed by atoms with Gasteiger partial charge in [-0.15, -0.1) is 11.3 Å². The molecule has 3 fully saturated rings. The van der Waals surface area contributed by atoms with Crippen LogP contribution in [0, 0.1) is 18.3 Å². The first-order valence-corrected chi connectivity index (χ1v) is 26.3. The summed E-state index contributed by atoms with van der Waals surface area (Å²) in [5.41, 5.74) is 0.950. The topological polar surface area (TPSA) is 227 Å².